The predicted molar refractivity (Wildman–Crippen MR) is 93.1 cm³/mol. The zero-order valence-corrected chi connectivity index (χ0v) is 13.4. The van der Waals surface area contributed by atoms with Gasteiger partial charge in [0.15, 0.2) is 0 Å². The van der Waals surface area contributed by atoms with Crippen LogP contribution in [-0.4, -0.2) is 41.7 Å². The molecule has 5 heteroatoms. The molecule has 1 aliphatic rings. The molecule has 0 spiro atoms. The first-order chi connectivity index (χ1) is 12.5. The van der Waals surface area contributed by atoms with Crippen LogP contribution in [0.5, 0.6) is 0 Å². The molecule has 126 valence electrons. The van der Waals surface area contributed by atoms with Crippen LogP contribution in [0.2, 0.25) is 0 Å². The lowest BCUT2D eigenvalue weighted by molar-refractivity contribution is -0.137. The van der Waals surface area contributed by atoms with E-state index >= 15 is 0 Å². The van der Waals surface area contributed by atoms with Crippen molar-refractivity contribution < 1.29 is 20.8 Å². The summed E-state index contributed by atoms with van der Waals surface area (Å²) < 4.78 is 13.7. The van der Waals surface area contributed by atoms with E-state index in [0.29, 0.717) is 0 Å². The minimum atomic E-state index is -1.22. The van der Waals surface area contributed by atoms with Crippen LogP contribution in [0, 0.1) is 12.3 Å². The first-order valence-electron chi connectivity index (χ1n) is 8.32. The second kappa shape index (κ2) is 7.10. The van der Waals surface area contributed by atoms with E-state index in [1.165, 1.54) is 0 Å². The molecule has 1 N–H and O–H groups in total. The molecule has 0 radical (unpaired) electrons. The van der Waals surface area contributed by atoms with E-state index in [1.807, 2.05) is 48.5 Å². The zero-order chi connectivity index (χ0) is 18.7. The highest BCUT2D eigenvalue weighted by Crippen LogP contribution is 2.44. The number of carbonyl (C=O) groups excluding carboxylic acids is 1. The third-order valence-electron chi connectivity index (χ3n) is 4.05. The molecule has 0 aromatic heterocycles. The van der Waals surface area contributed by atoms with Crippen molar-refractivity contribution in [1.29, 1.82) is 0 Å². The number of hydrogen-bond acceptors (Lipinski definition) is 3. The van der Waals surface area contributed by atoms with Crippen molar-refractivity contribution in [2.75, 3.05) is 19.7 Å². The number of ether oxygens (including phenoxy) is 1. The molecule has 0 heterocycles. The molecule has 3 rings (SSSR count). The van der Waals surface area contributed by atoms with Gasteiger partial charge in [0, 0.05) is 5.92 Å². The highest BCUT2D eigenvalue weighted by atomic mass is 16.6. The lowest BCUT2D eigenvalue weighted by atomic mass is 9.98. The Hall–Kier alpha value is -3.26. The molecule has 0 saturated heterocycles. The second-order valence-corrected chi connectivity index (χ2v) is 5.63. The molecule has 0 fully saturated rings. The predicted octanol–water partition coefficient (Wildman–Crippen LogP) is 2.96. The van der Waals surface area contributed by atoms with E-state index in [9.17, 15) is 9.59 Å². The van der Waals surface area contributed by atoms with Crippen LogP contribution in [0.3, 0.4) is 0 Å². The van der Waals surface area contributed by atoms with Gasteiger partial charge in [0.25, 0.3) is 0 Å². The Morgan fingerprint density at radius 3 is 2.24 bits per heavy atom. The van der Waals surface area contributed by atoms with Crippen molar-refractivity contribution in [3.05, 3.63) is 59.7 Å². The minimum absolute atomic E-state index is 0.199. The van der Waals surface area contributed by atoms with Gasteiger partial charge in [-0.3, -0.25) is 9.69 Å². The lowest BCUT2D eigenvalue weighted by Crippen LogP contribution is -2.37. The molecule has 1 aliphatic carbocycles. The summed E-state index contributed by atoms with van der Waals surface area (Å²) in [5, 5.41) is 8.90. The quantitative estimate of drug-likeness (QED) is 0.853. The summed E-state index contributed by atoms with van der Waals surface area (Å²) in [5.74, 6) is 0.589. The van der Waals surface area contributed by atoms with E-state index in [1.54, 1.807) is 0 Å². The maximum Gasteiger partial charge on any atom is 0.411 e. The number of benzene rings is 2. The molecule has 2 aromatic carbocycles. The van der Waals surface area contributed by atoms with E-state index < -0.39 is 31.1 Å². The molecule has 0 aliphatic heterocycles. The largest absolute Gasteiger partial charge is 0.480 e. The molecule has 2 aromatic rings. The van der Waals surface area contributed by atoms with Crippen molar-refractivity contribution >= 4 is 12.1 Å². The highest BCUT2D eigenvalue weighted by Gasteiger charge is 2.29. The summed E-state index contributed by atoms with van der Waals surface area (Å²) in [6.45, 7) is -2.00. The van der Waals surface area contributed by atoms with Crippen LogP contribution in [0.1, 0.15) is 18.4 Å². The number of carboxylic acid groups (broad SMARTS) is 1. The number of carboxylic acids is 1. The third kappa shape index (κ3) is 3.33. The van der Waals surface area contributed by atoms with Gasteiger partial charge < -0.3 is 9.84 Å². The summed E-state index contributed by atoms with van der Waals surface area (Å²) in [6.07, 6.45) is 4.27. The molecular formula is C20H17NO4. The Kier molecular flexibility index (Phi) is 4.34. The highest BCUT2D eigenvalue weighted by molar-refractivity contribution is 5.79. The molecule has 0 bridgehead atoms. The number of nitrogens with zero attached hydrogens (tertiary/aromatic N) is 1. The van der Waals surface area contributed by atoms with Gasteiger partial charge in [-0.05, 0) is 22.3 Å². The van der Waals surface area contributed by atoms with Crippen molar-refractivity contribution in [1.82, 2.24) is 4.90 Å². The van der Waals surface area contributed by atoms with E-state index in [-0.39, 0.29) is 6.54 Å². The number of carbonyl (C=O) groups is 2. The Bertz CT molecular complexity index is 844. The first kappa shape index (κ1) is 15.3. The van der Waals surface area contributed by atoms with Gasteiger partial charge in [0.1, 0.15) is 13.1 Å². The number of aliphatic carboxylic acids is 1. The van der Waals surface area contributed by atoms with Crippen LogP contribution in [0.15, 0.2) is 48.5 Å². The van der Waals surface area contributed by atoms with Gasteiger partial charge in [0.05, 0.1) is 7.92 Å². The Labute approximate surface area is 147 Å². The summed E-state index contributed by atoms with van der Waals surface area (Å²) >= 11 is 0. The third-order valence-corrected chi connectivity index (χ3v) is 4.05. The number of amides is 1. The van der Waals surface area contributed by atoms with E-state index in [2.05, 4.69) is 5.92 Å². The monoisotopic (exact) mass is 336 g/mol. The van der Waals surface area contributed by atoms with Gasteiger partial charge >= 0.3 is 12.1 Å². The fourth-order valence-electron chi connectivity index (χ4n) is 3.00. The molecular weight excluding hydrogens is 318 g/mol. The summed E-state index contributed by atoms with van der Waals surface area (Å²) in [7, 11) is 0. The number of rotatable bonds is 5. The molecule has 1 amide bonds. The zero-order valence-electron chi connectivity index (χ0n) is 14.4. The summed E-state index contributed by atoms with van der Waals surface area (Å²) in [4.78, 5) is 24.1. The number of hydrogen-bond donors (Lipinski definition) is 1. The van der Waals surface area contributed by atoms with Gasteiger partial charge in [-0.25, -0.2) is 4.79 Å². The normalized spacial score (nSPS) is 13.8. The fourth-order valence-corrected chi connectivity index (χ4v) is 3.00. The van der Waals surface area contributed by atoms with Gasteiger partial charge in [-0.2, -0.15) is 0 Å². The first-order valence-corrected chi connectivity index (χ1v) is 7.74. The van der Waals surface area contributed by atoms with E-state index in [0.717, 1.165) is 27.2 Å². The standard InChI is InChI=1S/C20H17NO4/c1-2-11-21(12-19(22)23)20(24)25-13-18-16-9-5-3-7-14(16)15-8-4-6-10-17(15)18/h1,3-10,18H,11-13H2,(H,22,23)/i13D. The Morgan fingerprint density at radius 1 is 1.16 bits per heavy atom. The maximum atomic E-state index is 12.3. The number of terminal acetylenes is 1. The molecule has 5 nitrogen and oxygen atoms in total. The molecule has 0 saturated carbocycles. The van der Waals surface area contributed by atoms with Crippen LogP contribution < -0.4 is 0 Å². The van der Waals surface area contributed by atoms with Crippen molar-refractivity contribution in [2.24, 2.45) is 0 Å². The van der Waals surface area contributed by atoms with Crippen LogP contribution >= 0.6 is 0 Å². The van der Waals surface area contributed by atoms with Gasteiger partial charge in [-0.1, -0.05) is 54.5 Å². The van der Waals surface area contributed by atoms with Crippen LogP contribution in [0.25, 0.3) is 11.1 Å². The van der Waals surface area contributed by atoms with Gasteiger partial charge in [0.2, 0.25) is 0 Å². The SMILES string of the molecule is [2H]C(OC(=O)N(CC#C)CC(=O)O)C1c2ccccc2-c2ccccc21. The minimum Gasteiger partial charge on any atom is -0.480 e. The molecule has 1 unspecified atom stereocenters. The average Bonchev–Trinajstić information content (AvgIpc) is 2.95. The summed E-state index contributed by atoms with van der Waals surface area (Å²) in [5.41, 5.74) is 3.83. The smallest absolute Gasteiger partial charge is 0.411 e. The topological polar surface area (TPSA) is 66.8 Å². The van der Waals surface area contributed by atoms with Gasteiger partial charge in [-0.15, -0.1) is 6.42 Å². The maximum absolute atomic E-state index is 12.3. The van der Waals surface area contributed by atoms with Crippen LogP contribution in [-0.2, 0) is 9.53 Å². The Balaban J connectivity index is 1.86. The Morgan fingerprint density at radius 2 is 1.72 bits per heavy atom. The second-order valence-electron chi connectivity index (χ2n) is 5.63. The molecule has 25 heavy (non-hydrogen) atoms. The van der Waals surface area contributed by atoms with Crippen molar-refractivity contribution in [3.63, 3.8) is 0 Å². The van der Waals surface area contributed by atoms with E-state index in [4.69, 9.17) is 17.6 Å². The lowest BCUT2D eigenvalue weighted by Gasteiger charge is -2.20. The fraction of sp³-hybridized carbons (Fsp3) is 0.200. The number of fused-ring (bicyclic) bond motifs is 3. The average molecular weight is 336 g/mol. The summed E-state index contributed by atoms with van der Waals surface area (Å²) in [6, 6.07) is 15.4. The van der Waals surface area contributed by atoms with Crippen molar-refractivity contribution in [3.8, 4) is 23.5 Å². The molecule has 1 atom stereocenters. The van der Waals surface area contributed by atoms with Crippen LogP contribution in [0.4, 0.5) is 4.79 Å². The van der Waals surface area contributed by atoms with Crippen molar-refractivity contribution in [2.45, 2.75) is 5.92 Å².